The van der Waals surface area contributed by atoms with E-state index in [9.17, 15) is 0 Å². The number of ether oxygens (including phenoxy) is 1. The molecule has 0 N–H and O–H groups in total. The van der Waals surface area contributed by atoms with Crippen molar-refractivity contribution < 1.29 is 4.74 Å². The molecule has 3 rings (SSSR count). The van der Waals surface area contributed by atoms with Crippen LogP contribution in [-0.4, -0.2) is 9.97 Å². The minimum atomic E-state index is 0.166. The summed E-state index contributed by atoms with van der Waals surface area (Å²) >= 11 is 5.77. The van der Waals surface area contributed by atoms with Crippen LogP contribution >= 0.6 is 11.6 Å². The van der Waals surface area contributed by atoms with Crippen LogP contribution in [0.2, 0.25) is 5.28 Å². The Morgan fingerprint density at radius 1 is 0.850 bits per heavy atom. The van der Waals surface area contributed by atoms with E-state index < -0.39 is 0 Å². The van der Waals surface area contributed by atoms with Crippen molar-refractivity contribution in [1.29, 1.82) is 0 Å². The normalized spacial score (nSPS) is 10.2. The Balaban J connectivity index is 1.99. The van der Waals surface area contributed by atoms with E-state index >= 15 is 0 Å². The zero-order valence-electron chi connectivity index (χ0n) is 10.5. The summed E-state index contributed by atoms with van der Waals surface area (Å²) in [6, 6.07) is 19.5. The molecule has 0 bridgehead atoms. The first-order valence-electron chi connectivity index (χ1n) is 6.14. The first-order valence-corrected chi connectivity index (χ1v) is 6.51. The number of halogens is 1. The van der Waals surface area contributed by atoms with Gasteiger partial charge in [-0.3, -0.25) is 0 Å². The maximum Gasteiger partial charge on any atom is 0.225 e. The Morgan fingerprint density at radius 2 is 1.60 bits per heavy atom. The van der Waals surface area contributed by atoms with E-state index in [-0.39, 0.29) is 5.28 Å². The van der Waals surface area contributed by atoms with Gasteiger partial charge < -0.3 is 4.74 Å². The van der Waals surface area contributed by atoms with Crippen LogP contribution in [0.25, 0.3) is 11.1 Å². The molecular weight excluding hydrogens is 272 g/mol. The van der Waals surface area contributed by atoms with Gasteiger partial charge in [0.25, 0.3) is 0 Å². The lowest BCUT2D eigenvalue weighted by Gasteiger charge is -2.10. The van der Waals surface area contributed by atoms with E-state index in [0.29, 0.717) is 5.88 Å². The van der Waals surface area contributed by atoms with Crippen LogP contribution in [0.15, 0.2) is 66.9 Å². The Kier molecular flexibility index (Phi) is 3.61. The second-order valence-corrected chi connectivity index (χ2v) is 4.47. The molecule has 0 aliphatic rings. The predicted molar refractivity (Wildman–Crippen MR) is 79.0 cm³/mol. The van der Waals surface area contributed by atoms with Crippen molar-refractivity contribution in [3.63, 3.8) is 0 Å². The van der Waals surface area contributed by atoms with Gasteiger partial charge in [0.2, 0.25) is 11.2 Å². The second kappa shape index (κ2) is 5.72. The zero-order valence-corrected chi connectivity index (χ0v) is 11.3. The second-order valence-electron chi connectivity index (χ2n) is 4.13. The summed E-state index contributed by atoms with van der Waals surface area (Å²) < 4.78 is 5.81. The first kappa shape index (κ1) is 12.6. The molecule has 0 atom stereocenters. The number of hydrogen-bond acceptors (Lipinski definition) is 3. The quantitative estimate of drug-likeness (QED) is 0.659. The van der Waals surface area contributed by atoms with Crippen molar-refractivity contribution in [1.82, 2.24) is 9.97 Å². The highest BCUT2D eigenvalue weighted by Gasteiger charge is 2.07. The van der Waals surface area contributed by atoms with Gasteiger partial charge in [-0.2, -0.15) is 4.98 Å². The number of rotatable bonds is 3. The third kappa shape index (κ3) is 2.78. The molecular formula is C16H11ClN2O. The third-order valence-corrected chi connectivity index (χ3v) is 2.97. The van der Waals surface area contributed by atoms with Crippen LogP contribution in [0.1, 0.15) is 0 Å². The van der Waals surface area contributed by atoms with Crippen LogP contribution in [0.5, 0.6) is 11.6 Å². The molecule has 3 nitrogen and oxygen atoms in total. The lowest BCUT2D eigenvalue weighted by atomic mass is 10.1. The Labute approximate surface area is 121 Å². The van der Waals surface area contributed by atoms with Gasteiger partial charge in [-0.25, -0.2) is 4.98 Å². The summed E-state index contributed by atoms with van der Waals surface area (Å²) in [7, 11) is 0. The smallest absolute Gasteiger partial charge is 0.225 e. The standard InChI is InChI=1S/C16H11ClN2O/c17-16-18-11-10-15(19-16)20-14-9-5-4-8-13(14)12-6-2-1-3-7-12/h1-11H. The van der Waals surface area contributed by atoms with E-state index in [1.54, 1.807) is 12.3 Å². The van der Waals surface area contributed by atoms with Crippen molar-refractivity contribution in [2.45, 2.75) is 0 Å². The molecule has 2 aromatic carbocycles. The minimum Gasteiger partial charge on any atom is -0.438 e. The Hall–Kier alpha value is -2.39. The SMILES string of the molecule is Clc1nccc(Oc2ccccc2-c2ccccc2)n1. The van der Waals surface area contributed by atoms with Crippen LogP contribution in [0, 0.1) is 0 Å². The van der Waals surface area contributed by atoms with Crippen LogP contribution in [0.4, 0.5) is 0 Å². The van der Waals surface area contributed by atoms with E-state index in [4.69, 9.17) is 16.3 Å². The predicted octanol–water partition coefficient (Wildman–Crippen LogP) is 4.59. The summed E-state index contributed by atoms with van der Waals surface area (Å²) in [5.74, 6) is 1.15. The van der Waals surface area contributed by atoms with Gasteiger partial charge in [-0.15, -0.1) is 0 Å². The average Bonchev–Trinajstić information content (AvgIpc) is 2.49. The van der Waals surface area contributed by atoms with E-state index in [1.165, 1.54) is 0 Å². The molecule has 0 aliphatic carbocycles. The molecule has 0 spiro atoms. The molecule has 0 saturated carbocycles. The summed E-state index contributed by atoms with van der Waals surface area (Å²) in [5, 5.41) is 0.166. The van der Waals surface area contributed by atoms with Gasteiger partial charge in [0.05, 0.1) is 0 Å². The number of hydrogen-bond donors (Lipinski definition) is 0. The van der Waals surface area contributed by atoms with Crippen molar-refractivity contribution in [3.8, 4) is 22.8 Å². The maximum absolute atomic E-state index is 5.81. The van der Waals surface area contributed by atoms with E-state index in [0.717, 1.165) is 16.9 Å². The highest BCUT2D eigenvalue weighted by molar-refractivity contribution is 6.28. The number of aromatic nitrogens is 2. The molecule has 0 unspecified atom stereocenters. The molecule has 1 aromatic heterocycles. The van der Waals surface area contributed by atoms with Gasteiger partial charge in [-0.1, -0.05) is 48.5 Å². The van der Waals surface area contributed by atoms with Gasteiger partial charge in [0.1, 0.15) is 5.75 Å². The molecule has 20 heavy (non-hydrogen) atoms. The van der Waals surface area contributed by atoms with Gasteiger partial charge in [-0.05, 0) is 23.2 Å². The topological polar surface area (TPSA) is 35.0 Å². The van der Waals surface area contributed by atoms with Crippen LogP contribution in [0.3, 0.4) is 0 Å². The maximum atomic E-state index is 5.81. The minimum absolute atomic E-state index is 0.166. The highest BCUT2D eigenvalue weighted by Crippen LogP contribution is 2.32. The van der Waals surface area contributed by atoms with Gasteiger partial charge in [0, 0.05) is 17.8 Å². The first-order chi connectivity index (χ1) is 9.83. The zero-order chi connectivity index (χ0) is 13.8. The molecule has 98 valence electrons. The van der Waals surface area contributed by atoms with E-state index in [2.05, 4.69) is 9.97 Å². The Bertz CT molecular complexity index is 716. The summed E-state index contributed by atoms with van der Waals surface area (Å²) in [4.78, 5) is 7.87. The lowest BCUT2D eigenvalue weighted by molar-refractivity contribution is 0.463. The molecule has 0 amide bonds. The number of nitrogens with zero attached hydrogens (tertiary/aromatic N) is 2. The van der Waals surface area contributed by atoms with Crippen LogP contribution < -0.4 is 4.74 Å². The molecule has 4 heteroatoms. The average molecular weight is 283 g/mol. The molecule has 0 radical (unpaired) electrons. The molecule has 0 aliphatic heterocycles. The Morgan fingerprint density at radius 3 is 2.40 bits per heavy atom. The van der Waals surface area contributed by atoms with Crippen molar-refractivity contribution >= 4 is 11.6 Å². The van der Waals surface area contributed by atoms with Gasteiger partial charge in [0.15, 0.2) is 0 Å². The van der Waals surface area contributed by atoms with Crippen LogP contribution in [-0.2, 0) is 0 Å². The number of para-hydroxylation sites is 1. The molecule has 0 fully saturated rings. The molecule has 3 aromatic rings. The van der Waals surface area contributed by atoms with E-state index in [1.807, 2.05) is 54.6 Å². The fourth-order valence-corrected chi connectivity index (χ4v) is 2.04. The van der Waals surface area contributed by atoms with Gasteiger partial charge >= 0.3 is 0 Å². The van der Waals surface area contributed by atoms with Crippen molar-refractivity contribution in [2.24, 2.45) is 0 Å². The number of benzene rings is 2. The summed E-state index contributed by atoms with van der Waals surface area (Å²) in [6.07, 6.45) is 1.57. The monoisotopic (exact) mass is 282 g/mol. The highest BCUT2D eigenvalue weighted by atomic mass is 35.5. The fourth-order valence-electron chi connectivity index (χ4n) is 1.90. The third-order valence-electron chi connectivity index (χ3n) is 2.79. The lowest BCUT2D eigenvalue weighted by Crippen LogP contribution is -1.91. The summed E-state index contributed by atoms with van der Waals surface area (Å²) in [5.41, 5.74) is 2.09. The fraction of sp³-hybridized carbons (Fsp3) is 0. The summed E-state index contributed by atoms with van der Waals surface area (Å²) in [6.45, 7) is 0. The largest absolute Gasteiger partial charge is 0.438 e. The molecule has 0 saturated heterocycles. The van der Waals surface area contributed by atoms with Crippen molar-refractivity contribution in [3.05, 3.63) is 72.1 Å². The van der Waals surface area contributed by atoms with Crippen molar-refractivity contribution in [2.75, 3.05) is 0 Å². The molecule has 1 heterocycles.